The van der Waals surface area contributed by atoms with Crippen molar-refractivity contribution < 1.29 is 14.7 Å². The lowest BCUT2D eigenvalue weighted by atomic mass is 10.0. The molecule has 1 aromatic rings. The van der Waals surface area contributed by atoms with Crippen molar-refractivity contribution in [3.05, 3.63) is 21.9 Å². The molecule has 0 aliphatic carbocycles. The first-order valence-corrected chi connectivity index (χ1v) is 5.83. The molecule has 0 radical (unpaired) electrons. The molecule has 0 bridgehead atoms. The van der Waals surface area contributed by atoms with Crippen LogP contribution in [0.3, 0.4) is 0 Å². The number of amides is 1. The standard InChI is InChI=1S/C11H15NO3S/c1-4-11(2,3)12-9(13)7-5-6-8(16-7)10(14)15/h5-6H,4H2,1-3H3,(H,12,13)(H,14,15). The van der Waals surface area contributed by atoms with E-state index in [1.165, 1.54) is 12.1 Å². The minimum absolute atomic E-state index is 0.180. The lowest BCUT2D eigenvalue weighted by molar-refractivity contribution is 0.0702. The molecule has 1 heterocycles. The molecule has 88 valence electrons. The molecule has 4 nitrogen and oxygen atoms in total. The zero-order valence-corrected chi connectivity index (χ0v) is 10.4. The number of rotatable bonds is 4. The highest BCUT2D eigenvalue weighted by Crippen LogP contribution is 2.18. The summed E-state index contributed by atoms with van der Waals surface area (Å²) in [6, 6.07) is 2.98. The van der Waals surface area contributed by atoms with Crippen LogP contribution in [0.2, 0.25) is 0 Å². The fraction of sp³-hybridized carbons (Fsp3) is 0.455. The maximum absolute atomic E-state index is 11.8. The molecular formula is C11H15NO3S. The van der Waals surface area contributed by atoms with E-state index in [-0.39, 0.29) is 16.3 Å². The van der Waals surface area contributed by atoms with Gasteiger partial charge in [0.15, 0.2) is 0 Å². The first kappa shape index (κ1) is 12.7. The van der Waals surface area contributed by atoms with Crippen LogP contribution in [0.1, 0.15) is 46.5 Å². The number of aromatic carboxylic acids is 1. The third kappa shape index (κ3) is 3.06. The minimum atomic E-state index is -1.00. The highest BCUT2D eigenvalue weighted by molar-refractivity contribution is 7.15. The first-order valence-electron chi connectivity index (χ1n) is 5.01. The summed E-state index contributed by atoms with van der Waals surface area (Å²) in [5.41, 5.74) is -0.273. The molecule has 2 N–H and O–H groups in total. The first-order chi connectivity index (χ1) is 7.35. The molecule has 1 amide bonds. The summed E-state index contributed by atoms with van der Waals surface area (Å²) in [6.45, 7) is 5.84. The largest absolute Gasteiger partial charge is 0.477 e. The Kier molecular flexibility index (Phi) is 3.70. The second kappa shape index (κ2) is 4.65. The van der Waals surface area contributed by atoms with Gasteiger partial charge in [-0.2, -0.15) is 0 Å². The summed E-state index contributed by atoms with van der Waals surface area (Å²) in [5.74, 6) is -1.22. The van der Waals surface area contributed by atoms with Gasteiger partial charge in [-0.25, -0.2) is 4.79 Å². The van der Waals surface area contributed by atoms with E-state index in [4.69, 9.17) is 5.11 Å². The molecule has 1 aromatic heterocycles. The van der Waals surface area contributed by atoms with Crippen LogP contribution in [0.5, 0.6) is 0 Å². The van der Waals surface area contributed by atoms with Crippen molar-refractivity contribution in [2.24, 2.45) is 0 Å². The fourth-order valence-corrected chi connectivity index (χ4v) is 1.77. The molecule has 16 heavy (non-hydrogen) atoms. The number of carbonyl (C=O) groups excluding carboxylic acids is 1. The number of thiophene rings is 1. The van der Waals surface area contributed by atoms with E-state index in [0.29, 0.717) is 4.88 Å². The third-order valence-corrected chi connectivity index (χ3v) is 3.45. The maximum Gasteiger partial charge on any atom is 0.345 e. The van der Waals surface area contributed by atoms with Crippen LogP contribution in [0.25, 0.3) is 0 Å². The third-order valence-electron chi connectivity index (χ3n) is 2.38. The lowest BCUT2D eigenvalue weighted by Gasteiger charge is -2.23. The van der Waals surface area contributed by atoms with Crippen LogP contribution in [-0.4, -0.2) is 22.5 Å². The molecule has 1 rings (SSSR count). The van der Waals surface area contributed by atoms with E-state index in [1.807, 2.05) is 20.8 Å². The average Bonchev–Trinajstić information content (AvgIpc) is 2.66. The Morgan fingerprint density at radius 3 is 2.38 bits per heavy atom. The van der Waals surface area contributed by atoms with Crippen LogP contribution in [0, 0.1) is 0 Å². The number of carboxylic acid groups (broad SMARTS) is 1. The van der Waals surface area contributed by atoms with Crippen LogP contribution in [-0.2, 0) is 0 Å². The number of carboxylic acids is 1. The fourth-order valence-electron chi connectivity index (χ4n) is 1.03. The predicted octanol–water partition coefficient (Wildman–Crippen LogP) is 2.36. The number of hydrogen-bond donors (Lipinski definition) is 2. The smallest absolute Gasteiger partial charge is 0.345 e. The zero-order chi connectivity index (χ0) is 12.3. The lowest BCUT2D eigenvalue weighted by Crippen LogP contribution is -2.42. The molecule has 0 spiro atoms. The van der Waals surface area contributed by atoms with Gasteiger partial charge in [-0.3, -0.25) is 4.79 Å². The number of nitrogens with one attached hydrogen (secondary N) is 1. The summed E-state index contributed by atoms with van der Waals surface area (Å²) >= 11 is 0.989. The van der Waals surface area contributed by atoms with Gasteiger partial charge in [0, 0.05) is 5.54 Å². The van der Waals surface area contributed by atoms with Gasteiger partial charge in [0.2, 0.25) is 0 Å². The Morgan fingerprint density at radius 1 is 1.38 bits per heavy atom. The summed E-state index contributed by atoms with van der Waals surface area (Å²) in [6.07, 6.45) is 0.815. The Labute approximate surface area is 98.3 Å². The second-order valence-electron chi connectivity index (χ2n) is 4.16. The topological polar surface area (TPSA) is 66.4 Å². The van der Waals surface area contributed by atoms with Gasteiger partial charge >= 0.3 is 5.97 Å². The molecule has 0 atom stereocenters. The van der Waals surface area contributed by atoms with Crippen molar-refractivity contribution >= 4 is 23.2 Å². The number of carbonyl (C=O) groups is 2. The van der Waals surface area contributed by atoms with E-state index >= 15 is 0 Å². The maximum atomic E-state index is 11.8. The normalized spacial score (nSPS) is 11.2. The minimum Gasteiger partial charge on any atom is -0.477 e. The highest BCUT2D eigenvalue weighted by atomic mass is 32.1. The van der Waals surface area contributed by atoms with Gasteiger partial charge in [-0.1, -0.05) is 6.92 Å². The summed E-state index contributed by atoms with van der Waals surface area (Å²) in [5, 5.41) is 11.6. The van der Waals surface area contributed by atoms with Crippen molar-refractivity contribution in [3.8, 4) is 0 Å². The van der Waals surface area contributed by atoms with E-state index in [0.717, 1.165) is 17.8 Å². The van der Waals surface area contributed by atoms with Crippen LogP contribution in [0.4, 0.5) is 0 Å². The molecule has 0 fully saturated rings. The van der Waals surface area contributed by atoms with E-state index in [2.05, 4.69) is 5.32 Å². The summed E-state index contributed by atoms with van der Waals surface area (Å²) in [4.78, 5) is 23.0. The van der Waals surface area contributed by atoms with Crippen molar-refractivity contribution in [1.29, 1.82) is 0 Å². The molecular weight excluding hydrogens is 226 g/mol. The molecule has 0 saturated carbocycles. The van der Waals surface area contributed by atoms with Gasteiger partial charge in [0.05, 0.1) is 4.88 Å². The van der Waals surface area contributed by atoms with Gasteiger partial charge in [0.25, 0.3) is 5.91 Å². The van der Waals surface area contributed by atoms with Crippen LogP contribution in [0.15, 0.2) is 12.1 Å². The molecule has 5 heteroatoms. The molecule has 0 unspecified atom stereocenters. The van der Waals surface area contributed by atoms with Crippen LogP contribution < -0.4 is 5.32 Å². The van der Waals surface area contributed by atoms with Gasteiger partial charge in [0.1, 0.15) is 4.88 Å². The molecule has 0 aromatic carbocycles. The average molecular weight is 241 g/mol. The molecule has 0 aliphatic rings. The Bertz CT molecular complexity index is 409. The van der Waals surface area contributed by atoms with E-state index in [1.54, 1.807) is 0 Å². The van der Waals surface area contributed by atoms with Crippen molar-refractivity contribution in [2.75, 3.05) is 0 Å². The van der Waals surface area contributed by atoms with Crippen molar-refractivity contribution in [2.45, 2.75) is 32.7 Å². The van der Waals surface area contributed by atoms with Crippen molar-refractivity contribution in [3.63, 3.8) is 0 Å². The molecule has 0 aliphatic heterocycles. The molecule has 0 saturated heterocycles. The van der Waals surface area contributed by atoms with Gasteiger partial charge in [-0.15, -0.1) is 11.3 Å². The van der Waals surface area contributed by atoms with E-state index < -0.39 is 5.97 Å². The van der Waals surface area contributed by atoms with Crippen LogP contribution >= 0.6 is 11.3 Å². The summed E-state index contributed by atoms with van der Waals surface area (Å²) in [7, 11) is 0. The quantitative estimate of drug-likeness (QED) is 0.850. The Balaban J connectivity index is 2.77. The summed E-state index contributed by atoms with van der Waals surface area (Å²) < 4.78 is 0. The predicted molar refractivity (Wildman–Crippen MR) is 63.1 cm³/mol. The zero-order valence-electron chi connectivity index (χ0n) is 9.53. The Morgan fingerprint density at radius 2 is 1.94 bits per heavy atom. The van der Waals surface area contributed by atoms with Gasteiger partial charge in [-0.05, 0) is 32.4 Å². The van der Waals surface area contributed by atoms with Gasteiger partial charge < -0.3 is 10.4 Å². The monoisotopic (exact) mass is 241 g/mol. The van der Waals surface area contributed by atoms with Crippen molar-refractivity contribution in [1.82, 2.24) is 5.32 Å². The SMILES string of the molecule is CCC(C)(C)NC(=O)c1ccc(C(=O)O)s1. The second-order valence-corrected chi connectivity index (χ2v) is 5.24. The highest BCUT2D eigenvalue weighted by Gasteiger charge is 2.20. The Hall–Kier alpha value is -1.36. The van der Waals surface area contributed by atoms with E-state index in [9.17, 15) is 9.59 Å². The number of hydrogen-bond acceptors (Lipinski definition) is 3.